The summed E-state index contributed by atoms with van der Waals surface area (Å²) < 4.78 is 0. The monoisotopic (exact) mass is 584 g/mol. The largest absolute Gasteiger partial charge is 0.369 e. The molecule has 0 aromatic heterocycles. The third-order valence-electron chi connectivity index (χ3n) is 8.70. The number of amidine groups is 1. The number of hydrogen-bond acceptors (Lipinski definition) is 5. The molecule has 0 radical (unpaired) electrons. The third-order valence-corrected chi connectivity index (χ3v) is 8.70. The van der Waals surface area contributed by atoms with Crippen LogP contribution in [0.1, 0.15) is 48.0 Å². The Balaban J connectivity index is 1.15. The highest BCUT2D eigenvalue weighted by Crippen LogP contribution is 2.28. The number of guanidine groups is 1. The van der Waals surface area contributed by atoms with Crippen molar-refractivity contribution >= 4 is 29.4 Å². The van der Waals surface area contributed by atoms with Crippen LogP contribution in [0.5, 0.6) is 0 Å². The topological polar surface area (TPSA) is 119 Å². The zero-order valence-electron chi connectivity index (χ0n) is 25.3. The van der Waals surface area contributed by atoms with Gasteiger partial charge in [0.25, 0.3) is 5.91 Å². The van der Waals surface area contributed by atoms with Gasteiger partial charge in [0.2, 0.25) is 0 Å². The van der Waals surface area contributed by atoms with Crippen LogP contribution in [0.4, 0.5) is 10.5 Å². The Kier molecular flexibility index (Phi) is 10.1. The minimum atomic E-state index is -0.0515. The van der Waals surface area contributed by atoms with E-state index in [9.17, 15) is 9.59 Å². The molecule has 1 saturated heterocycles. The highest BCUT2D eigenvalue weighted by atomic mass is 16.2. The van der Waals surface area contributed by atoms with Gasteiger partial charge >= 0.3 is 6.03 Å². The SMILES string of the molecule is CN1CCC(N(C)C(=O)c2ccc(NC(N)=NC3=NCCCC3C3=CCN(C(=O)NCc4ccccc4)CC3)cc2)CC1. The number of nitrogens with zero attached hydrogens (tertiary/aromatic N) is 5. The predicted octanol–water partition coefficient (Wildman–Crippen LogP) is 3.93. The molecule has 2 aromatic rings. The van der Waals surface area contributed by atoms with Crippen molar-refractivity contribution in [2.24, 2.45) is 21.6 Å². The van der Waals surface area contributed by atoms with Crippen LogP contribution in [-0.2, 0) is 6.54 Å². The number of hydrogen-bond donors (Lipinski definition) is 3. The van der Waals surface area contributed by atoms with Crippen molar-refractivity contribution in [2.45, 2.75) is 44.7 Å². The maximum absolute atomic E-state index is 13.1. The van der Waals surface area contributed by atoms with Crippen molar-refractivity contribution in [3.8, 4) is 0 Å². The number of anilines is 1. The van der Waals surface area contributed by atoms with Crippen molar-refractivity contribution < 1.29 is 9.59 Å². The van der Waals surface area contributed by atoms with E-state index < -0.39 is 0 Å². The van der Waals surface area contributed by atoms with Crippen molar-refractivity contribution in [1.82, 2.24) is 20.0 Å². The molecule has 10 nitrogen and oxygen atoms in total. The maximum Gasteiger partial charge on any atom is 0.317 e. The molecule has 2 aromatic carbocycles. The zero-order valence-corrected chi connectivity index (χ0v) is 25.3. The molecular weight excluding hydrogens is 540 g/mol. The standard InChI is InChI=1S/C33H44N8O2/c1-39-19-16-28(17-20-39)40(2)31(42)26-10-12-27(13-11-26)37-32(34)38-30-29(9-6-18-35-30)25-14-21-41(22-15-25)33(43)36-23-24-7-4-3-5-8-24/h3-5,7-8,10-14,28-29H,6,9,15-23H2,1-2H3,(H,36,43)(H3,34,35,37,38). The minimum Gasteiger partial charge on any atom is -0.369 e. The number of likely N-dealkylation sites (tertiary alicyclic amines) is 1. The Morgan fingerprint density at radius 3 is 2.49 bits per heavy atom. The summed E-state index contributed by atoms with van der Waals surface area (Å²) in [4.78, 5) is 41.2. The van der Waals surface area contributed by atoms with E-state index in [2.05, 4.69) is 33.6 Å². The first kappa shape index (κ1) is 30.3. The van der Waals surface area contributed by atoms with Crippen molar-refractivity contribution in [3.05, 3.63) is 77.4 Å². The normalized spacial score (nSPS) is 20.2. The van der Waals surface area contributed by atoms with Crippen molar-refractivity contribution in [2.75, 3.05) is 52.1 Å². The van der Waals surface area contributed by atoms with Crippen molar-refractivity contribution in [3.63, 3.8) is 0 Å². The lowest BCUT2D eigenvalue weighted by Gasteiger charge is -2.35. The number of benzene rings is 2. The molecule has 1 unspecified atom stereocenters. The van der Waals surface area contributed by atoms with Gasteiger partial charge in [0, 0.05) is 56.4 Å². The molecular formula is C33H44N8O2. The number of carbonyl (C=O) groups is 2. The second-order valence-electron chi connectivity index (χ2n) is 11.7. The third kappa shape index (κ3) is 8.01. The van der Waals surface area contributed by atoms with Gasteiger partial charge in [-0.2, -0.15) is 4.99 Å². The average molecular weight is 585 g/mol. The van der Waals surface area contributed by atoms with Crippen LogP contribution < -0.4 is 16.4 Å². The predicted molar refractivity (Wildman–Crippen MR) is 172 cm³/mol. The van der Waals surface area contributed by atoms with Crippen LogP contribution in [0.2, 0.25) is 0 Å². The van der Waals surface area contributed by atoms with Gasteiger partial charge in [0.15, 0.2) is 5.96 Å². The lowest BCUT2D eigenvalue weighted by atomic mass is 9.87. The number of aliphatic imine (C=N–C) groups is 2. The fourth-order valence-corrected chi connectivity index (χ4v) is 6.01. The summed E-state index contributed by atoms with van der Waals surface area (Å²) in [5.41, 5.74) is 10.1. The van der Waals surface area contributed by atoms with E-state index in [1.165, 1.54) is 5.57 Å². The summed E-state index contributed by atoms with van der Waals surface area (Å²) in [5, 5.41) is 6.18. The zero-order chi connectivity index (χ0) is 30.2. The number of nitrogens with one attached hydrogen (secondary N) is 2. The molecule has 10 heteroatoms. The second kappa shape index (κ2) is 14.3. The number of rotatable bonds is 6. The summed E-state index contributed by atoms with van der Waals surface area (Å²) in [6.45, 7) is 4.49. The molecule has 3 heterocycles. The minimum absolute atomic E-state index is 0.0372. The van der Waals surface area contributed by atoms with E-state index in [4.69, 9.17) is 10.7 Å². The Labute approximate surface area is 254 Å². The average Bonchev–Trinajstić information content (AvgIpc) is 3.04. The number of carbonyl (C=O) groups excluding carboxylic acids is 2. The van der Waals surface area contributed by atoms with E-state index in [0.29, 0.717) is 25.2 Å². The van der Waals surface area contributed by atoms with Gasteiger partial charge < -0.3 is 31.1 Å². The summed E-state index contributed by atoms with van der Waals surface area (Å²) in [6, 6.07) is 17.5. The molecule has 0 spiro atoms. The lowest BCUT2D eigenvalue weighted by Crippen LogP contribution is -2.44. The van der Waals surface area contributed by atoms with E-state index in [1.807, 2.05) is 71.4 Å². The Morgan fingerprint density at radius 1 is 1.05 bits per heavy atom. The van der Waals surface area contributed by atoms with Crippen LogP contribution >= 0.6 is 0 Å². The van der Waals surface area contributed by atoms with Gasteiger partial charge in [-0.25, -0.2) is 4.79 Å². The molecule has 43 heavy (non-hydrogen) atoms. The molecule has 1 atom stereocenters. The molecule has 0 saturated carbocycles. The molecule has 228 valence electrons. The summed E-state index contributed by atoms with van der Waals surface area (Å²) in [6.07, 6.45) is 6.88. The van der Waals surface area contributed by atoms with Crippen molar-refractivity contribution in [1.29, 1.82) is 0 Å². The molecule has 1 fully saturated rings. The van der Waals surface area contributed by atoms with Crippen LogP contribution in [-0.4, -0.2) is 91.3 Å². The molecule has 0 bridgehead atoms. The molecule has 3 aliphatic rings. The summed E-state index contributed by atoms with van der Waals surface area (Å²) in [5.74, 6) is 1.14. The van der Waals surface area contributed by atoms with E-state index in [1.54, 1.807) is 0 Å². The summed E-state index contributed by atoms with van der Waals surface area (Å²) in [7, 11) is 4.02. The quantitative estimate of drug-likeness (QED) is 0.270. The first-order valence-electron chi connectivity index (χ1n) is 15.3. The smallest absolute Gasteiger partial charge is 0.317 e. The highest BCUT2D eigenvalue weighted by Gasteiger charge is 2.28. The summed E-state index contributed by atoms with van der Waals surface area (Å²) >= 11 is 0. The fraction of sp³-hybridized carbons (Fsp3) is 0.455. The van der Waals surface area contributed by atoms with Crippen LogP contribution in [0.25, 0.3) is 0 Å². The lowest BCUT2D eigenvalue weighted by molar-refractivity contribution is 0.0659. The molecule has 5 rings (SSSR count). The molecule has 0 aliphatic carbocycles. The number of urea groups is 1. The Bertz CT molecular complexity index is 1350. The molecule has 3 aliphatic heterocycles. The van der Waals surface area contributed by atoms with Gasteiger partial charge in [-0.15, -0.1) is 0 Å². The Morgan fingerprint density at radius 2 is 1.79 bits per heavy atom. The highest BCUT2D eigenvalue weighted by molar-refractivity contribution is 6.03. The maximum atomic E-state index is 13.1. The number of piperidine rings is 1. The van der Waals surface area contributed by atoms with Gasteiger partial charge in [-0.3, -0.25) is 9.79 Å². The molecule has 4 N–H and O–H groups in total. The first-order valence-corrected chi connectivity index (χ1v) is 15.3. The van der Waals surface area contributed by atoms with E-state index in [-0.39, 0.29) is 29.9 Å². The van der Waals surface area contributed by atoms with E-state index >= 15 is 0 Å². The van der Waals surface area contributed by atoms with Crippen LogP contribution in [0.3, 0.4) is 0 Å². The van der Waals surface area contributed by atoms with E-state index in [0.717, 1.165) is 68.8 Å². The number of nitrogens with two attached hydrogens (primary N) is 1. The first-order chi connectivity index (χ1) is 20.9. The number of amides is 3. The molecule has 3 amide bonds. The van der Waals surface area contributed by atoms with Gasteiger partial charge in [-0.05, 0) is 82.1 Å². The van der Waals surface area contributed by atoms with Gasteiger partial charge in [0.05, 0.1) is 0 Å². The second-order valence-corrected chi connectivity index (χ2v) is 11.7. The Hall–Kier alpha value is -4.18. The fourth-order valence-electron chi connectivity index (χ4n) is 6.01. The van der Waals surface area contributed by atoms with Gasteiger partial charge in [-0.1, -0.05) is 42.0 Å². The van der Waals surface area contributed by atoms with Gasteiger partial charge in [0.1, 0.15) is 5.84 Å². The van der Waals surface area contributed by atoms with Crippen LogP contribution in [0.15, 0.2) is 76.2 Å². The van der Waals surface area contributed by atoms with Crippen LogP contribution in [0, 0.1) is 5.92 Å².